The highest BCUT2D eigenvalue weighted by Crippen LogP contribution is 2.19. The van der Waals surface area contributed by atoms with Crippen molar-refractivity contribution in [1.82, 2.24) is 4.72 Å². The van der Waals surface area contributed by atoms with Crippen LogP contribution in [0.1, 0.15) is 15.9 Å². The molecule has 1 N–H and O–H groups in total. The third-order valence-electron chi connectivity index (χ3n) is 2.70. The largest absolute Gasteiger partial charge is 0.489 e. The zero-order chi connectivity index (χ0) is 16.2. The van der Waals surface area contributed by atoms with Gasteiger partial charge in [-0.1, -0.05) is 34.1 Å². The van der Waals surface area contributed by atoms with E-state index in [2.05, 4.69) is 15.9 Å². The number of carbonyl (C=O) groups is 1. The van der Waals surface area contributed by atoms with Crippen LogP contribution >= 0.6 is 15.9 Å². The Morgan fingerprint density at radius 1 is 1.18 bits per heavy atom. The van der Waals surface area contributed by atoms with Crippen molar-refractivity contribution < 1.29 is 17.9 Å². The van der Waals surface area contributed by atoms with Crippen LogP contribution in [0.4, 0.5) is 0 Å². The second kappa shape index (κ2) is 6.93. The zero-order valence-corrected chi connectivity index (χ0v) is 14.1. The Balaban J connectivity index is 1.99. The Bertz CT molecular complexity index is 772. The Labute approximate surface area is 137 Å². The second-order valence-corrected chi connectivity index (χ2v) is 7.31. The molecular formula is C15H14BrNO4S. The maximum Gasteiger partial charge on any atom is 0.264 e. The van der Waals surface area contributed by atoms with E-state index in [4.69, 9.17) is 4.74 Å². The summed E-state index contributed by atoms with van der Waals surface area (Å²) >= 11 is 3.36. The van der Waals surface area contributed by atoms with Crippen molar-refractivity contribution in [2.24, 2.45) is 0 Å². The quantitative estimate of drug-likeness (QED) is 0.861. The Morgan fingerprint density at radius 2 is 1.86 bits per heavy atom. The molecule has 0 bridgehead atoms. The summed E-state index contributed by atoms with van der Waals surface area (Å²) in [7, 11) is -3.56. The van der Waals surface area contributed by atoms with Gasteiger partial charge in [-0.25, -0.2) is 13.1 Å². The van der Waals surface area contributed by atoms with Gasteiger partial charge in [0.15, 0.2) is 0 Å². The Morgan fingerprint density at radius 3 is 2.45 bits per heavy atom. The lowest BCUT2D eigenvalue weighted by Gasteiger charge is -2.07. The van der Waals surface area contributed by atoms with Gasteiger partial charge in [0.1, 0.15) is 12.4 Å². The van der Waals surface area contributed by atoms with Gasteiger partial charge in [0.25, 0.3) is 5.91 Å². The first-order chi connectivity index (χ1) is 10.3. The summed E-state index contributed by atoms with van der Waals surface area (Å²) in [6.45, 7) is 0.352. The standard InChI is InChI=1S/C15H14BrNO4S/c1-22(19,20)17-15(18)12-7-5-11(6-8-12)10-21-14-4-2-3-13(16)9-14/h2-9H,10H2,1H3,(H,17,18). The molecule has 0 heterocycles. The van der Waals surface area contributed by atoms with Gasteiger partial charge in [-0.15, -0.1) is 0 Å². The number of nitrogens with one attached hydrogen (secondary N) is 1. The molecule has 0 atom stereocenters. The molecule has 0 spiro atoms. The van der Waals surface area contributed by atoms with Crippen molar-refractivity contribution in [3.8, 4) is 5.75 Å². The summed E-state index contributed by atoms with van der Waals surface area (Å²) in [5.74, 6) is 0.0789. The van der Waals surface area contributed by atoms with Gasteiger partial charge in [0, 0.05) is 10.0 Å². The predicted octanol–water partition coefficient (Wildman–Crippen LogP) is 2.72. The molecule has 0 aliphatic carbocycles. The molecule has 2 rings (SSSR count). The van der Waals surface area contributed by atoms with Gasteiger partial charge in [-0.3, -0.25) is 4.79 Å². The smallest absolute Gasteiger partial charge is 0.264 e. The normalized spacial score (nSPS) is 11.0. The van der Waals surface area contributed by atoms with Crippen LogP contribution in [0.3, 0.4) is 0 Å². The molecule has 0 aliphatic rings. The fourth-order valence-electron chi connectivity index (χ4n) is 1.70. The van der Waals surface area contributed by atoms with Crippen molar-refractivity contribution in [2.75, 3.05) is 6.26 Å². The highest BCUT2D eigenvalue weighted by molar-refractivity contribution is 9.10. The van der Waals surface area contributed by atoms with Gasteiger partial charge < -0.3 is 4.74 Å². The van der Waals surface area contributed by atoms with Crippen LogP contribution in [0.5, 0.6) is 5.75 Å². The lowest BCUT2D eigenvalue weighted by atomic mass is 10.1. The molecule has 0 fully saturated rings. The minimum Gasteiger partial charge on any atom is -0.489 e. The molecule has 1 amide bonds. The Hall–Kier alpha value is -1.86. The van der Waals surface area contributed by atoms with E-state index in [-0.39, 0.29) is 5.56 Å². The van der Waals surface area contributed by atoms with E-state index in [0.717, 1.165) is 22.0 Å². The maximum atomic E-state index is 11.7. The molecule has 0 radical (unpaired) electrons. The van der Waals surface area contributed by atoms with E-state index in [1.165, 1.54) is 0 Å². The molecule has 7 heteroatoms. The molecular weight excluding hydrogens is 370 g/mol. The molecule has 0 unspecified atom stereocenters. The minimum atomic E-state index is -3.56. The molecule has 0 saturated heterocycles. The highest BCUT2D eigenvalue weighted by atomic mass is 79.9. The van der Waals surface area contributed by atoms with E-state index in [0.29, 0.717) is 6.61 Å². The third-order valence-corrected chi connectivity index (χ3v) is 3.75. The van der Waals surface area contributed by atoms with E-state index >= 15 is 0 Å². The SMILES string of the molecule is CS(=O)(=O)NC(=O)c1ccc(COc2cccc(Br)c2)cc1. The van der Waals surface area contributed by atoms with Gasteiger partial charge in [0.05, 0.1) is 6.26 Å². The molecule has 0 aromatic heterocycles. The molecule has 0 aliphatic heterocycles. The van der Waals surface area contributed by atoms with Gasteiger partial charge in [0.2, 0.25) is 10.0 Å². The summed E-state index contributed by atoms with van der Waals surface area (Å²) in [5.41, 5.74) is 1.15. The number of amides is 1. The van der Waals surface area contributed by atoms with Crippen LogP contribution in [-0.2, 0) is 16.6 Å². The molecule has 0 saturated carbocycles. The summed E-state index contributed by atoms with van der Waals surface area (Å²) in [6, 6.07) is 14.0. The molecule has 116 valence electrons. The van der Waals surface area contributed by atoms with E-state index in [1.807, 2.05) is 29.0 Å². The predicted molar refractivity (Wildman–Crippen MR) is 87.2 cm³/mol. The number of hydrogen-bond acceptors (Lipinski definition) is 4. The fraction of sp³-hybridized carbons (Fsp3) is 0.133. The summed E-state index contributed by atoms with van der Waals surface area (Å²) in [4.78, 5) is 11.7. The average molecular weight is 384 g/mol. The number of hydrogen-bond donors (Lipinski definition) is 1. The number of halogens is 1. The van der Waals surface area contributed by atoms with Crippen LogP contribution in [0.25, 0.3) is 0 Å². The Kier molecular flexibility index (Phi) is 5.20. The highest BCUT2D eigenvalue weighted by Gasteiger charge is 2.10. The van der Waals surface area contributed by atoms with Crippen molar-refractivity contribution in [2.45, 2.75) is 6.61 Å². The molecule has 2 aromatic rings. The lowest BCUT2D eigenvalue weighted by molar-refractivity contribution is 0.0981. The summed E-state index contributed by atoms with van der Waals surface area (Å²) in [5, 5.41) is 0. The topological polar surface area (TPSA) is 72.5 Å². The summed E-state index contributed by atoms with van der Waals surface area (Å²) in [6.07, 6.45) is 0.936. The minimum absolute atomic E-state index is 0.275. The van der Waals surface area contributed by atoms with E-state index in [1.54, 1.807) is 24.3 Å². The number of ether oxygens (including phenoxy) is 1. The van der Waals surface area contributed by atoms with Crippen molar-refractivity contribution in [3.05, 3.63) is 64.1 Å². The van der Waals surface area contributed by atoms with Crippen LogP contribution in [-0.4, -0.2) is 20.6 Å². The van der Waals surface area contributed by atoms with Crippen LogP contribution in [0.15, 0.2) is 53.0 Å². The van der Waals surface area contributed by atoms with E-state index < -0.39 is 15.9 Å². The number of rotatable bonds is 5. The molecule has 5 nitrogen and oxygen atoms in total. The monoisotopic (exact) mass is 383 g/mol. The maximum absolute atomic E-state index is 11.7. The first-order valence-corrected chi connectivity index (χ1v) is 9.01. The average Bonchev–Trinajstić information content (AvgIpc) is 2.44. The first kappa shape index (κ1) is 16.5. The first-order valence-electron chi connectivity index (χ1n) is 6.33. The molecule has 2 aromatic carbocycles. The van der Waals surface area contributed by atoms with Crippen molar-refractivity contribution in [1.29, 1.82) is 0 Å². The van der Waals surface area contributed by atoms with Gasteiger partial charge in [-0.05, 0) is 35.9 Å². The van der Waals surface area contributed by atoms with Crippen molar-refractivity contribution in [3.63, 3.8) is 0 Å². The zero-order valence-electron chi connectivity index (χ0n) is 11.7. The second-order valence-electron chi connectivity index (χ2n) is 4.65. The number of carbonyl (C=O) groups excluding carboxylic acids is 1. The molecule has 22 heavy (non-hydrogen) atoms. The lowest BCUT2D eigenvalue weighted by Crippen LogP contribution is -2.29. The van der Waals surface area contributed by atoms with Crippen molar-refractivity contribution >= 4 is 31.9 Å². The van der Waals surface area contributed by atoms with Gasteiger partial charge >= 0.3 is 0 Å². The number of sulfonamides is 1. The third kappa shape index (κ3) is 5.16. The fourth-order valence-corrected chi connectivity index (χ4v) is 2.54. The number of benzene rings is 2. The van der Waals surface area contributed by atoms with Crippen LogP contribution < -0.4 is 9.46 Å². The van der Waals surface area contributed by atoms with Crippen LogP contribution in [0.2, 0.25) is 0 Å². The summed E-state index contributed by atoms with van der Waals surface area (Å²) < 4.78 is 30.5. The van der Waals surface area contributed by atoms with Gasteiger partial charge in [-0.2, -0.15) is 0 Å². The van der Waals surface area contributed by atoms with Crippen LogP contribution in [0, 0.1) is 0 Å². The van der Waals surface area contributed by atoms with E-state index in [9.17, 15) is 13.2 Å².